The smallest absolute Gasteiger partial charge is 0.228 e. The van der Waals surface area contributed by atoms with Crippen LogP contribution in [-0.2, 0) is 9.53 Å². The molecule has 86 valence electrons. The molecule has 0 unspecified atom stereocenters. The number of nitrogens with one attached hydrogen (secondary N) is 1. The Hall–Kier alpha value is -0.680. The van der Waals surface area contributed by atoms with Gasteiger partial charge in [0.1, 0.15) is 0 Å². The van der Waals surface area contributed by atoms with Crippen molar-refractivity contribution in [2.24, 2.45) is 5.92 Å². The molecule has 1 atom stereocenters. The van der Waals surface area contributed by atoms with E-state index in [0.717, 1.165) is 19.5 Å². The monoisotopic (exact) mass is 230 g/mol. The molecule has 1 N–H and O–H groups in total. The van der Waals surface area contributed by atoms with Crippen LogP contribution in [0, 0.1) is 5.92 Å². The van der Waals surface area contributed by atoms with E-state index in [2.05, 4.69) is 5.32 Å². The molecule has 1 amide bonds. The van der Waals surface area contributed by atoms with Crippen LogP contribution in [0.15, 0.2) is 0 Å². The summed E-state index contributed by atoms with van der Waals surface area (Å²) in [5.74, 6) is 0.0259. The molecule has 0 aromatic carbocycles. The molecular weight excluding hydrogens is 212 g/mol. The van der Waals surface area contributed by atoms with E-state index in [1.165, 1.54) is 0 Å². The summed E-state index contributed by atoms with van der Waals surface area (Å²) in [6, 6.07) is 0. The quantitative estimate of drug-likeness (QED) is 0.711. The standard InChI is InChI=1S/C10H18N2O2S/c1-3-8(2)9(13)11-10(15)12-4-6-14-7-5-12/h8H,3-7H2,1-2H3,(H,11,13,15)/t8-/m0/s1. The molecular formula is C10H18N2O2S. The van der Waals surface area contributed by atoms with E-state index in [0.29, 0.717) is 18.3 Å². The van der Waals surface area contributed by atoms with Gasteiger partial charge in [0.05, 0.1) is 13.2 Å². The molecule has 1 heterocycles. The molecule has 0 aromatic heterocycles. The fourth-order valence-corrected chi connectivity index (χ4v) is 1.54. The minimum atomic E-state index is 0.00833. The zero-order valence-electron chi connectivity index (χ0n) is 9.28. The minimum Gasteiger partial charge on any atom is -0.378 e. The summed E-state index contributed by atoms with van der Waals surface area (Å²) in [7, 11) is 0. The molecule has 1 fully saturated rings. The molecule has 1 rings (SSSR count). The second kappa shape index (κ2) is 6.02. The van der Waals surface area contributed by atoms with Gasteiger partial charge in [0, 0.05) is 19.0 Å². The zero-order chi connectivity index (χ0) is 11.3. The van der Waals surface area contributed by atoms with E-state index in [4.69, 9.17) is 17.0 Å². The van der Waals surface area contributed by atoms with Gasteiger partial charge in [0.2, 0.25) is 5.91 Å². The van der Waals surface area contributed by atoms with Crippen molar-refractivity contribution >= 4 is 23.2 Å². The summed E-state index contributed by atoms with van der Waals surface area (Å²) in [4.78, 5) is 13.5. The van der Waals surface area contributed by atoms with Crippen LogP contribution in [0.4, 0.5) is 0 Å². The number of ether oxygens (including phenoxy) is 1. The van der Waals surface area contributed by atoms with Gasteiger partial charge in [-0.2, -0.15) is 0 Å². The van der Waals surface area contributed by atoms with E-state index < -0.39 is 0 Å². The van der Waals surface area contributed by atoms with Crippen LogP contribution in [-0.4, -0.2) is 42.2 Å². The number of hydrogen-bond acceptors (Lipinski definition) is 3. The molecule has 1 aliphatic rings. The number of rotatable bonds is 2. The van der Waals surface area contributed by atoms with Crippen molar-refractivity contribution in [2.75, 3.05) is 26.3 Å². The lowest BCUT2D eigenvalue weighted by Crippen LogP contribution is -2.48. The molecule has 0 aromatic rings. The predicted molar refractivity (Wildman–Crippen MR) is 62.6 cm³/mol. The molecule has 5 heteroatoms. The number of carbonyl (C=O) groups is 1. The van der Waals surface area contributed by atoms with Crippen molar-refractivity contribution in [2.45, 2.75) is 20.3 Å². The normalized spacial score (nSPS) is 18.4. The van der Waals surface area contributed by atoms with Crippen molar-refractivity contribution in [1.29, 1.82) is 0 Å². The number of morpholine rings is 1. The van der Waals surface area contributed by atoms with Crippen LogP contribution in [0.1, 0.15) is 20.3 Å². The van der Waals surface area contributed by atoms with Gasteiger partial charge in [-0.3, -0.25) is 4.79 Å². The topological polar surface area (TPSA) is 41.6 Å². The van der Waals surface area contributed by atoms with Crippen LogP contribution < -0.4 is 5.32 Å². The summed E-state index contributed by atoms with van der Waals surface area (Å²) in [6.07, 6.45) is 0.831. The van der Waals surface area contributed by atoms with Crippen LogP contribution in [0.5, 0.6) is 0 Å². The fraction of sp³-hybridized carbons (Fsp3) is 0.800. The summed E-state index contributed by atoms with van der Waals surface area (Å²) < 4.78 is 5.21. The van der Waals surface area contributed by atoms with Gasteiger partial charge in [-0.15, -0.1) is 0 Å². The van der Waals surface area contributed by atoms with Gasteiger partial charge in [-0.1, -0.05) is 13.8 Å². The Morgan fingerprint density at radius 2 is 2.13 bits per heavy atom. The summed E-state index contributed by atoms with van der Waals surface area (Å²) in [5, 5.41) is 3.29. The summed E-state index contributed by atoms with van der Waals surface area (Å²) >= 11 is 5.16. The highest BCUT2D eigenvalue weighted by Gasteiger charge is 2.17. The Bertz CT molecular complexity index is 240. The van der Waals surface area contributed by atoms with Gasteiger partial charge < -0.3 is 15.0 Å². The lowest BCUT2D eigenvalue weighted by Gasteiger charge is -2.29. The Morgan fingerprint density at radius 1 is 1.53 bits per heavy atom. The maximum Gasteiger partial charge on any atom is 0.228 e. The van der Waals surface area contributed by atoms with E-state index >= 15 is 0 Å². The van der Waals surface area contributed by atoms with Gasteiger partial charge in [-0.25, -0.2) is 0 Å². The molecule has 0 spiro atoms. The first-order chi connectivity index (χ1) is 7.15. The molecule has 4 nitrogen and oxygen atoms in total. The van der Waals surface area contributed by atoms with Crippen molar-refractivity contribution < 1.29 is 9.53 Å². The van der Waals surface area contributed by atoms with Crippen LogP contribution >= 0.6 is 12.2 Å². The lowest BCUT2D eigenvalue weighted by atomic mass is 10.1. The first-order valence-corrected chi connectivity index (χ1v) is 5.73. The first kappa shape index (κ1) is 12.4. The third-order valence-corrected chi connectivity index (χ3v) is 2.95. The van der Waals surface area contributed by atoms with Gasteiger partial charge in [0.15, 0.2) is 5.11 Å². The number of amides is 1. The first-order valence-electron chi connectivity index (χ1n) is 5.32. The van der Waals surface area contributed by atoms with Crippen molar-refractivity contribution in [1.82, 2.24) is 10.2 Å². The average molecular weight is 230 g/mol. The summed E-state index contributed by atoms with van der Waals surface area (Å²) in [6.45, 7) is 6.78. The highest BCUT2D eigenvalue weighted by atomic mass is 32.1. The zero-order valence-corrected chi connectivity index (χ0v) is 10.1. The number of nitrogens with zero attached hydrogens (tertiary/aromatic N) is 1. The largest absolute Gasteiger partial charge is 0.378 e. The van der Waals surface area contributed by atoms with E-state index in [1.54, 1.807) is 0 Å². The molecule has 15 heavy (non-hydrogen) atoms. The third-order valence-electron chi connectivity index (χ3n) is 2.59. The molecule has 0 bridgehead atoms. The third kappa shape index (κ3) is 3.76. The van der Waals surface area contributed by atoms with Gasteiger partial charge in [0.25, 0.3) is 0 Å². The second-order valence-corrected chi connectivity index (χ2v) is 4.09. The highest BCUT2D eigenvalue weighted by Crippen LogP contribution is 2.02. The predicted octanol–water partition coefficient (Wildman–Crippen LogP) is 0.766. The Kier molecular flexibility index (Phi) is 4.98. The summed E-state index contributed by atoms with van der Waals surface area (Å²) in [5.41, 5.74) is 0. The molecule has 0 aliphatic carbocycles. The van der Waals surface area contributed by atoms with Crippen molar-refractivity contribution in [3.8, 4) is 0 Å². The van der Waals surface area contributed by atoms with Crippen molar-refractivity contribution in [3.63, 3.8) is 0 Å². The van der Waals surface area contributed by atoms with Crippen LogP contribution in [0.3, 0.4) is 0 Å². The van der Waals surface area contributed by atoms with Crippen LogP contribution in [0.25, 0.3) is 0 Å². The number of hydrogen-bond donors (Lipinski definition) is 1. The average Bonchev–Trinajstić information content (AvgIpc) is 2.29. The van der Waals surface area contributed by atoms with Gasteiger partial charge in [-0.05, 0) is 18.6 Å². The van der Waals surface area contributed by atoms with E-state index in [9.17, 15) is 4.79 Å². The molecule has 0 saturated carbocycles. The maximum atomic E-state index is 11.6. The Morgan fingerprint density at radius 3 is 2.67 bits per heavy atom. The Balaban J connectivity index is 2.37. The van der Waals surface area contributed by atoms with Crippen LogP contribution in [0.2, 0.25) is 0 Å². The molecule has 0 radical (unpaired) electrons. The Labute approximate surface area is 96.0 Å². The number of thiocarbonyl (C=S) groups is 1. The van der Waals surface area contributed by atoms with E-state index in [1.807, 2.05) is 18.7 Å². The van der Waals surface area contributed by atoms with Gasteiger partial charge >= 0.3 is 0 Å². The van der Waals surface area contributed by atoms with E-state index in [-0.39, 0.29) is 11.8 Å². The SMILES string of the molecule is CC[C@H](C)C(=O)NC(=S)N1CCOCC1. The molecule has 1 saturated heterocycles. The maximum absolute atomic E-state index is 11.6. The lowest BCUT2D eigenvalue weighted by molar-refractivity contribution is -0.123. The highest BCUT2D eigenvalue weighted by molar-refractivity contribution is 7.80. The minimum absolute atomic E-state index is 0.00833. The number of carbonyl (C=O) groups excluding carboxylic acids is 1. The second-order valence-electron chi connectivity index (χ2n) is 3.70. The fourth-order valence-electron chi connectivity index (χ4n) is 1.26. The van der Waals surface area contributed by atoms with Crippen molar-refractivity contribution in [3.05, 3.63) is 0 Å². The molecule has 1 aliphatic heterocycles.